The molecule has 0 heterocycles. The monoisotopic (exact) mass is 241 g/mol. The lowest BCUT2D eigenvalue weighted by molar-refractivity contribution is -0.124. The van der Waals surface area contributed by atoms with Crippen molar-refractivity contribution in [3.8, 4) is 0 Å². The van der Waals surface area contributed by atoms with Crippen LogP contribution in [0.2, 0.25) is 0 Å². The Balaban J connectivity index is 2.32. The molecule has 0 unspecified atom stereocenters. The molecule has 0 bridgehead atoms. The molecular weight excluding hydrogens is 226 g/mol. The topological polar surface area (TPSA) is 49.3 Å². The van der Waals surface area contributed by atoms with E-state index in [9.17, 15) is 4.79 Å². The highest BCUT2D eigenvalue weighted by Gasteiger charge is 2.15. The number of aliphatic hydroxyl groups excluding tert-OH is 1. The average Bonchev–Trinajstić information content (AvgIpc) is 2.46. The zero-order chi connectivity index (χ0) is 12.8. The fourth-order valence-electron chi connectivity index (χ4n) is 1.86. The number of hydrogen-bond acceptors (Lipinski definition) is 2. The lowest BCUT2D eigenvalue weighted by Gasteiger charge is -2.19. The maximum absolute atomic E-state index is 11.4. The minimum atomic E-state index is -0.504. The Labute approximate surface area is 106 Å². The minimum absolute atomic E-state index is 0.230. The van der Waals surface area contributed by atoms with Gasteiger partial charge in [0.2, 0.25) is 5.91 Å². The number of hydrogen-bond donors (Lipinski definition) is 2. The van der Waals surface area contributed by atoms with E-state index in [4.69, 9.17) is 5.11 Å². The Kier molecular flexibility index (Phi) is 4.10. The van der Waals surface area contributed by atoms with Gasteiger partial charge in [0.05, 0.1) is 6.04 Å². The Morgan fingerprint density at radius 2 is 1.39 bits per heavy atom. The largest absolute Gasteiger partial charge is 0.387 e. The van der Waals surface area contributed by atoms with Gasteiger partial charge in [-0.3, -0.25) is 4.79 Å². The normalized spacial score (nSPS) is 10.3. The molecule has 0 atom stereocenters. The van der Waals surface area contributed by atoms with Gasteiger partial charge in [0.1, 0.15) is 6.61 Å². The summed E-state index contributed by atoms with van der Waals surface area (Å²) in [5, 5.41) is 11.7. The van der Waals surface area contributed by atoms with Gasteiger partial charge in [0, 0.05) is 0 Å². The van der Waals surface area contributed by atoms with Crippen molar-refractivity contribution in [2.24, 2.45) is 0 Å². The predicted octanol–water partition coefficient (Wildman–Crippen LogP) is 1.88. The Hall–Kier alpha value is -2.13. The smallest absolute Gasteiger partial charge is 0.246 e. The lowest BCUT2D eigenvalue weighted by Crippen LogP contribution is -2.31. The summed E-state index contributed by atoms with van der Waals surface area (Å²) in [6.07, 6.45) is 0. The van der Waals surface area contributed by atoms with Crippen LogP contribution in [0.15, 0.2) is 60.7 Å². The third-order valence-electron chi connectivity index (χ3n) is 2.71. The van der Waals surface area contributed by atoms with Crippen molar-refractivity contribution < 1.29 is 9.90 Å². The van der Waals surface area contributed by atoms with Crippen LogP contribution in [0.3, 0.4) is 0 Å². The number of amides is 1. The van der Waals surface area contributed by atoms with E-state index in [1.54, 1.807) is 0 Å². The molecule has 0 aromatic heterocycles. The second kappa shape index (κ2) is 5.98. The molecular formula is C15H15NO2. The molecule has 0 aliphatic carbocycles. The molecule has 2 aromatic rings. The first-order valence-electron chi connectivity index (χ1n) is 5.81. The van der Waals surface area contributed by atoms with Crippen LogP contribution in [-0.2, 0) is 4.79 Å². The number of carbonyl (C=O) groups is 1. The van der Waals surface area contributed by atoms with Crippen molar-refractivity contribution in [1.82, 2.24) is 5.32 Å². The first-order valence-corrected chi connectivity index (χ1v) is 5.81. The molecule has 18 heavy (non-hydrogen) atoms. The van der Waals surface area contributed by atoms with Gasteiger partial charge < -0.3 is 10.4 Å². The quantitative estimate of drug-likeness (QED) is 0.858. The molecule has 2 rings (SSSR count). The van der Waals surface area contributed by atoms with Gasteiger partial charge in [0.25, 0.3) is 0 Å². The van der Waals surface area contributed by atoms with Crippen molar-refractivity contribution >= 4 is 5.91 Å². The Bertz CT molecular complexity index is 457. The van der Waals surface area contributed by atoms with Crippen molar-refractivity contribution in [2.45, 2.75) is 6.04 Å². The molecule has 2 aromatic carbocycles. The van der Waals surface area contributed by atoms with Crippen molar-refractivity contribution in [1.29, 1.82) is 0 Å². The molecule has 92 valence electrons. The standard InChI is InChI=1S/C15H15NO2/c17-11-14(18)16-15(12-7-3-1-4-8-12)13-9-5-2-6-10-13/h1-10,15,17H,11H2,(H,16,18). The van der Waals surface area contributed by atoms with E-state index in [2.05, 4.69) is 5.32 Å². The van der Waals surface area contributed by atoms with Crippen LogP contribution in [-0.4, -0.2) is 17.6 Å². The molecule has 3 heteroatoms. The van der Waals surface area contributed by atoms with E-state index in [1.165, 1.54) is 0 Å². The molecule has 0 saturated carbocycles. The zero-order valence-electron chi connectivity index (χ0n) is 9.91. The molecule has 1 amide bonds. The van der Waals surface area contributed by atoms with E-state index in [0.717, 1.165) is 11.1 Å². The summed E-state index contributed by atoms with van der Waals surface area (Å²) in [7, 11) is 0. The van der Waals surface area contributed by atoms with Crippen LogP contribution < -0.4 is 5.32 Å². The first-order chi connectivity index (χ1) is 8.81. The molecule has 2 N–H and O–H groups in total. The average molecular weight is 241 g/mol. The maximum atomic E-state index is 11.4. The Morgan fingerprint density at radius 3 is 1.78 bits per heavy atom. The number of carbonyl (C=O) groups excluding carboxylic acids is 1. The van der Waals surface area contributed by atoms with E-state index in [1.807, 2.05) is 60.7 Å². The van der Waals surface area contributed by atoms with Gasteiger partial charge in [-0.25, -0.2) is 0 Å². The summed E-state index contributed by atoms with van der Waals surface area (Å²) in [5.74, 6) is -0.382. The van der Waals surface area contributed by atoms with Gasteiger partial charge >= 0.3 is 0 Å². The predicted molar refractivity (Wildman–Crippen MR) is 70.0 cm³/mol. The van der Waals surface area contributed by atoms with Gasteiger partial charge in [-0.2, -0.15) is 0 Å². The summed E-state index contributed by atoms with van der Waals surface area (Å²) in [4.78, 5) is 11.4. The maximum Gasteiger partial charge on any atom is 0.246 e. The third kappa shape index (κ3) is 2.96. The number of rotatable bonds is 4. The van der Waals surface area contributed by atoms with E-state index in [0.29, 0.717) is 0 Å². The second-order valence-electron chi connectivity index (χ2n) is 3.98. The lowest BCUT2D eigenvalue weighted by atomic mass is 9.99. The molecule has 0 radical (unpaired) electrons. The minimum Gasteiger partial charge on any atom is -0.387 e. The van der Waals surface area contributed by atoms with Crippen LogP contribution in [0.25, 0.3) is 0 Å². The SMILES string of the molecule is O=C(CO)NC(c1ccccc1)c1ccccc1. The fourth-order valence-corrected chi connectivity index (χ4v) is 1.86. The molecule has 0 aliphatic heterocycles. The zero-order valence-corrected chi connectivity index (χ0v) is 9.91. The van der Waals surface area contributed by atoms with Gasteiger partial charge in [0.15, 0.2) is 0 Å². The first kappa shape index (κ1) is 12.3. The van der Waals surface area contributed by atoms with E-state index < -0.39 is 6.61 Å². The summed E-state index contributed by atoms with van der Waals surface area (Å²) < 4.78 is 0. The number of aliphatic hydroxyl groups is 1. The summed E-state index contributed by atoms with van der Waals surface area (Å²) in [5.41, 5.74) is 1.98. The Morgan fingerprint density at radius 1 is 0.944 bits per heavy atom. The highest BCUT2D eigenvalue weighted by atomic mass is 16.3. The van der Waals surface area contributed by atoms with Gasteiger partial charge in [-0.1, -0.05) is 60.7 Å². The molecule has 0 fully saturated rings. The fraction of sp³-hybridized carbons (Fsp3) is 0.133. The van der Waals surface area contributed by atoms with Crippen LogP contribution in [0.1, 0.15) is 17.2 Å². The van der Waals surface area contributed by atoms with Crippen LogP contribution in [0.4, 0.5) is 0 Å². The summed E-state index contributed by atoms with van der Waals surface area (Å²) in [6.45, 7) is -0.504. The van der Waals surface area contributed by atoms with Crippen molar-refractivity contribution in [2.75, 3.05) is 6.61 Å². The van der Waals surface area contributed by atoms with Crippen molar-refractivity contribution in [3.63, 3.8) is 0 Å². The molecule has 0 saturated heterocycles. The number of nitrogens with one attached hydrogen (secondary N) is 1. The second-order valence-corrected chi connectivity index (χ2v) is 3.98. The molecule has 3 nitrogen and oxygen atoms in total. The van der Waals surface area contributed by atoms with Crippen molar-refractivity contribution in [3.05, 3.63) is 71.8 Å². The summed E-state index contributed by atoms with van der Waals surface area (Å²) >= 11 is 0. The van der Waals surface area contributed by atoms with E-state index >= 15 is 0 Å². The van der Waals surface area contributed by atoms with Gasteiger partial charge in [-0.05, 0) is 11.1 Å². The van der Waals surface area contributed by atoms with Crippen LogP contribution in [0, 0.1) is 0 Å². The van der Waals surface area contributed by atoms with Crippen LogP contribution >= 0.6 is 0 Å². The molecule has 0 aliphatic rings. The van der Waals surface area contributed by atoms with Gasteiger partial charge in [-0.15, -0.1) is 0 Å². The number of benzene rings is 2. The third-order valence-corrected chi connectivity index (χ3v) is 2.71. The summed E-state index contributed by atoms with van der Waals surface area (Å²) in [6, 6.07) is 19.2. The van der Waals surface area contributed by atoms with E-state index in [-0.39, 0.29) is 11.9 Å². The molecule has 0 spiro atoms. The van der Waals surface area contributed by atoms with Crippen LogP contribution in [0.5, 0.6) is 0 Å². The highest BCUT2D eigenvalue weighted by Crippen LogP contribution is 2.21. The highest BCUT2D eigenvalue weighted by molar-refractivity contribution is 5.77.